The van der Waals surface area contributed by atoms with E-state index in [9.17, 15) is 9.59 Å². The van der Waals surface area contributed by atoms with Crippen molar-refractivity contribution in [3.8, 4) is 0 Å². The van der Waals surface area contributed by atoms with Gasteiger partial charge in [-0.25, -0.2) is 14.8 Å². The number of aromatic nitrogens is 1. The summed E-state index contributed by atoms with van der Waals surface area (Å²) in [6.45, 7) is 7.30. The number of hydrazine groups is 1. The van der Waals surface area contributed by atoms with E-state index in [-0.39, 0.29) is 24.5 Å². The number of nitrogens with one attached hydrogen (secondary N) is 1. The molecular weight excluding hydrogens is 330 g/mol. The summed E-state index contributed by atoms with van der Waals surface area (Å²) >= 11 is 0. The van der Waals surface area contributed by atoms with Gasteiger partial charge in [0.05, 0.1) is 5.69 Å². The number of urea groups is 1. The summed E-state index contributed by atoms with van der Waals surface area (Å²) in [6.07, 6.45) is 6.27. The summed E-state index contributed by atoms with van der Waals surface area (Å²) in [4.78, 5) is 31.6. The van der Waals surface area contributed by atoms with Gasteiger partial charge in [-0.15, -0.1) is 0 Å². The third-order valence-corrected chi connectivity index (χ3v) is 5.40. The number of anilines is 2. The van der Waals surface area contributed by atoms with Crippen molar-refractivity contribution in [2.24, 2.45) is 5.92 Å². The topological polar surface area (TPSA) is 68.8 Å². The van der Waals surface area contributed by atoms with Crippen LogP contribution in [0.4, 0.5) is 16.3 Å². The van der Waals surface area contributed by atoms with Gasteiger partial charge < -0.3 is 5.32 Å². The number of rotatable bonds is 5. The van der Waals surface area contributed by atoms with Gasteiger partial charge in [0.2, 0.25) is 5.91 Å². The average molecular weight is 359 g/mol. The zero-order valence-electron chi connectivity index (χ0n) is 15.9. The third kappa shape index (κ3) is 3.48. The van der Waals surface area contributed by atoms with Crippen molar-refractivity contribution in [3.63, 3.8) is 0 Å². The van der Waals surface area contributed by atoms with E-state index < -0.39 is 0 Å². The van der Waals surface area contributed by atoms with Gasteiger partial charge >= 0.3 is 6.03 Å². The fourth-order valence-electron chi connectivity index (χ4n) is 3.96. The van der Waals surface area contributed by atoms with Gasteiger partial charge in [0, 0.05) is 25.3 Å². The van der Waals surface area contributed by atoms with Crippen LogP contribution in [-0.2, 0) is 4.79 Å². The van der Waals surface area contributed by atoms with Gasteiger partial charge in [0.1, 0.15) is 6.54 Å². The minimum atomic E-state index is -0.179. The summed E-state index contributed by atoms with van der Waals surface area (Å²) in [6, 6.07) is 3.68. The lowest BCUT2D eigenvalue weighted by atomic mass is 9.86. The minimum Gasteiger partial charge on any atom is -0.352 e. The SMILES string of the molecule is CCN1C(=O)N(CC(=O)NC2CCCCC2C)c2cccnc2N1CC. The summed E-state index contributed by atoms with van der Waals surface area (Å²) < 4.78 is 0. The molecule has 2 unspecified atom stereocenters. The molecule has 1 fully saturated rings. The number of hydrogen-bond donors (Lipinski definition) is 1. The predicted octanol–water partition coefficient (Wildman–Crippen LogP) is 2.78. The highest BCUT2D eigenvalue weighted by Gasteiger charge is 2.36. The maximum absolute atomic E-state index is 13.0. The number of amides is 3. The zero-order valence-corrected chi connectivity index (χ0v) is 15.9. The smallest absolute Gasteiger partial charge is 0.343 e. The third-order valence-electron chi connectivity index (χ3n) is 5.40. The van der Waals surface area contributed by atoms with Crippen LogP contribution in [0.1, 0.15) is 46.5 Å². The summed E-state index contributed by atoms with van der Waals surface area (Å²) in [5.74, 6) is 1.10. The molecule has 1 aliphatic carbocycles. The van der Waals surface area contributed by atoms with Crippen LogP contribution >= 0.6 is 0 Å². The van der Waals surface area contributed by atoms with Crippen molar-refractivity contribution < 1.29 is 9.59 Å². The van der Waals surface area contributed by atoms with Gasteiger partial charge in [-0.3, -0.25) is 14.7 Å². The molecule has 3 rings (SSSR count). The van der Waals surface area contributed by atoms with Gasteiger partial charge in [-0.2, -0.15) is 0 Å². The monoisotopic (exact) mass is 359 g/mol. The molecule has 0 saturated heterocycles. The highest BCUT2D eigenvalue weighted by molar-refractivity contribution is 6.03. The number of nitrogens with zero attached hydrogens (tertiary/aromatic N) is 4. The fraction of sp³-hybridized carbons (Fsp3) is 0.632. The molecule has 26 heavy (non-hydrogen) atoms. The van der Waals surface area contributed by atoms with E-state index in [4.69, 9.17) is 0 Å². The van der Waals surface area contributed by atoms with E-state index >= 15 is 0 Å². The molecule has 3 amide bonds. The molecule has 2 atom stereocenters. The zero-order chi connectivity index (χ0) is 18.7. The normalized spacial score (nSPS) is 23.0. The Hall–Kier alpha value is -2.31. The Morgan fingerprint density at radius 2 is 1.96 bits per heavy atom. The number of hydrogen-bond acceptors (Lipinski definition) is 4. The van der Waals surface area contributed by atoms with E-state index in [2.05, 4.69) is 17.2 Å². The second kappa shape index (κ2) is 7.93. The first-order chi connectivity index (χ1) is 12.6. The second-order valence-corrected chi connectivity index (χ2v) is 7.08. The van der Waals surface area contributed by atoms with Gasteiger partial charge in [0.15, 0.2) is 5.82 Å². The van der Waals surface area contributed by atoms with E-state index in [0.29, 0.717) is 24.7 Å². The molecule has 0 aromatic carbocycles. The Morgan fingerprint density at radius 1 is 1.23 bits per heavy atom. The van der Waals surface area contributed by atoms with Crippen molar-refractivity contribution >= 4 is 23.4 Å². The Morgan fingerprint density at radius 3 is 2.65 bits per heavy atom. The largest absolute Gasteiger partial charge is 0.352 e. The van der Waals surface area contributed by atoms with Crippen molar-refractivity contribution in [1.82, 2.24) is 15.3 Å². The van der Waals surface area contributed by atoms with Gasteiger partial charge in [0.25, 0.3) is 0 Å². The lowest BCUT2D eigenvalue weighted by Crippen LogP contribution is -2.59. The Kier molecular flexibility index (Phi) is 5.64. The van der Waals surface area contributed by atoms with Crippen molar-refractivity contribution in [2.75, 3.05) is 29.5 Å². The standard InChI is InChI=1S/C19H29N5O2/c1-4-23-18-16(11-8-12-20-18)22(19(26)24(23)5-2)13-17(25)21-15-10-7-6-9-14(15)3/h8,11-12,14-15H,4-7,9-10,13H2,1-3H3,(H,21,25). The molecule has 2 aliphatic rings. The molecule has 7 heteroatoms. The van der Waals surface area contributed by atoms with Gasteiger partial charge in [-0.05, 0) is 44.7 Å². The van der Waals surface area contributed by atoms with Crippen LogP contribution in [0.25, 0.3) is 0 Å². The highest BCUT2D eigenvalue weighted by Crippen LogP contribution is 2.33. The molecule has 0 spiro atoms. The van der Waals surface area contributed by atoms with Crippen LogP contribution in [0.2, 0.25) is 0 Å². The van der Waals surface area contributed by atoms with Crippen LogP contribution in [0.15, 0.2) is 18.3 Å². The van der Waals surface area contributed by atoms with E-state index in [0.717, 1.165) is 25.1 Å². The molecule has 1 N–H and O–H groups in total. The summed E-state index contributed by atoms with van der Waals surface area (Å²) in [5.41, 5.74) is 0.691. The van der Waals surface area contributed by atoms with Crippen molar-refractivity contribution in [3.05, 3.63) is 18.3 Å². The molecule has 0 radical (unpaired) electrons. The first-order valence-electron chi connectivity index (χ1n) is 9.67. The van der Waals surface area contributed by atoms with Crippen LogP contribution < -0.4 is 15.2 Å². The molecule has 2 heterocycles. The van der Waals surface area contributed by atoms with Crippen molar-refractivity contribution in [1.29, 1.82) is 0 Å². The molecule has 1 saturated carbocycles. The van der Waals surface area contributed by atoms with Gasteiger partial charge in [-0.1, -0.05) is 19.8 Å². The fourth-order valence-corrected chi connectivity index (χ4v) is 3.96. The molecular formula is C19H29N5O2. The van der Waals surface area contributed by atoms with Crippen LogP contribution in [0, 0.1) is 5.92 Å². The Balaban J connectivity index is 1.79. The maximum atomic E-state index is 13.0. The number of carbonyl (C=O) groups is 2. The Bertz CT molecular complexity index is 665. The van der Waals surface area contributed by atoms with Crippen molar-refractivity contribution in [2.45, 2.75) is 52.5 Å². The van der Waals surface area contributed by atoms with E-state index in [1.165, 1.54) is 6.42 Å². The maximum Gasteiger partial charge on any atom is 0.343 e. The number of fused-ring (bicyclic) bond motifs is 1. The summed E-state index contributed by atoms with van der Waals surface area (Å²) in [7, 11) is 0. The van der Waals surface area contributed by atoms with E-state index in [1.54, 1.807) is 22.2 Å². The predicted molar refractivity (Wildman–Crippen MR) is 102 cm³/mol. The lowest BCUT2D eigenvalue weighted by Gasteiger charge is -2.43. The number of pyridine rings is 1. The van der Waals surface area contributed by atoms with Crippen LogP contribution in [0.3, 0.4) is 0 Å². The van der Waals surface area contributed by atoms with Crippen LogP contribution in [0.5, 0.6) is 0 Å². The molecule has 142 valence electrons. The minimum absolute atomic E-state index is 0.0226. The average Bonchev–Trinajstić information content (AvgIpc) is 2.65. The van der Waals surface area contributed by atoms with E-state index in [1.807, 2.05) is 24.9 Å². The molecule has 7 nitrogen and oxygen atoms in total. The highest BCUT2D eigenvalue weighted by atomic mass is 16.2. The Labute approximate surface area is 155 Å². The number of carbonyl (C=O) groups excluding carboxylic acids is 2. The van der Waals surface area contributed by atoms with Crippen LogP contribution in [-0.4, -0.2) is 47.6 Å². The first-order valence-corrected chi connectivity index (χ1v) is 9.67. The second-order valence-electron chi connectivity index (χ2n) is 7.08. The molecule has 1 aliphatic heterocycles. The molecule has 0 bridgehead atoms. The molecule has 1 aromatic rings. The summed E-state index contributed by atoms with van der Waals surface area (Å²) in [5, 5.41) is 6.65. The lowest BCUT2D eigenvalue weighted by molar-refractivity contribution is -0.121. The quantitative estimate of drug-likeness (QED) is 0.878. The first kappa shape index (κ1) is 18.5. The molecule has 1 aromatic heterocycles.